The van der Waals surface area contributed by atoms with Gasteiger partial charge in [-0.1, -0.05) is 53.5 Å². The Morgan fingerprint density at radius 1 is 1.00 bits per heavy atom. The van der Waals surface area contributed by atoms with Crippen LogP contribution in [0, 0.1) is 12.8 Å². The molecule has 2 N–H and O–H groups in total. The number of piperidine rings is 3. The quantitative estimate of drug-likeness (QED) is 0.151. The summed E-state index contributed by atoms with van der Waals surface area (Å²) in [5.41, 5.74) is 3.21. The number of hydrogen-bond acceptors (Lipinski definition) is 9. The summed E-state index contributed by atoms with van der Waals surface area (Å²) >= 11 is 13.2. The molecule has 1 aromatic heterocycles. The normalized spacial score (nSPS) is 18.6. The predicted molar refractivity (Wildman–Crippen MR) is 188 cm³/mol. The maximum atomic E-state index is 14.1. The van der Waals surface area contributed by atoms with Crippen molar-refractivity contribution in [2.75, 3.05) is 38.8 Å². The average molecular weight is 737 g/mol. The number of anilines is 1. The van der Waals surface area contributed by atoms with Crippen LogP contribution in [-0.4, -0.2) is 67.2 Å². The summed E-state index contributed by atoms with van der Waals surface area (Å²) in [6.45, 7) is 4.48. The number of hydrogen-bond donors (Lipinski definition) is 2. The third kappa shape index (κ3) is 7.80. The molecule has 0 saturated carbocycles. The number of phenolic OH excluding ortho intramolecular Hbond substituents is 1. The van der Waals surface area contributed by atoms with E-state index < -0.39 is 18.0 Å². The zero-order valence-electron chi connectivity index (χ0n) is 28.5. The van der Waals surface area contributed by atoms with Crippen LogP contribution in [0.25, 0.3) is 0 Å². The van der Waals surface area contributed by atoms with Crippen molar-refractivity contribution >= 4 is 41.0 Å². The number of rotatable bonds is 11. The molecular weight excluding hydrogens is 697 g/mol. The molecule has 0 spiro atoms. The molecule has 4 aromatic rings. The van der Waals surface area contributed by atoms with Gasteiger partial charge in [-0.15, -0.1) is 0 Å². The predicted octanol–water partition coefficient (Wildman–Crippen LogP) is 5.52. The molecule has 0 aliphatic carbocycles. The van der Waals surface area contributed by atoms with E-state index in [1.807, 2.05) is 6.92 Å². The lowest BCUT2D eigenvalue weighted by Crippen LogP contribution is -2.53. The molecule has 3 fully saturated rings. The smallest absolute Gasteiger partial charge is 0.414 e. The fourth-order valence-corrected chi connectivity index (χ4v) is 7.76. The van der Waals surface area contributed by atoms with Crippen LogP contribution in [0.3, 0.4) is 0 Å². The van der Waals surface area contributed by atoms with Crippen LogP contribution in [0.5, 0.6) is 17.2 Å². The van der Waals surface area contributed by atoms with E-state index in [4.69, 9.17) is 37.4 Å². The number of carboxylic acid groups (broad SMARTS) is 1. The van der Waals surface area contributed by atoms with E-state index in [0.717, 1.165) is 36.2 Å². The highest BCUT2D eigenvalue weighted by atomic mass is 35.5. The lowest BCUT2D eigenvalue weighted by molar-refractivity contribution is -0.904. The Labute approximate surface area is 306 Å². The Hall–Kier alpha value is -4.71. The number of benzene rings is 3. The molecule has 3 saturated heterocycles. The van der Waals surface area contributed by atoms with E-state index in [2.05, 4.69) is 4.90 Å². The third-order valence-corrected chi connectivity index (χ3v) is 10.5. The number of aryl methyl sites for hydroxylation is 1. The molecule has 268 valence electrons. The van der Waals surface area contributed by atoms with Crippen LogP contribution in [-0.2, 0) is 17.7 Å². The first-order valence-corrected chi connectivity index (χ1v) is 17.4. The van der Waals surface area contributed by atoms with Crippen molar-refractivity contribution in [3.8, 4) is 17.2 Å². The van der Waals surface area contributed by atoms with E-state index in [1.54, 1.807) is 42.5 Å². The number of carbonyl (C=O) groups is 2. The molecule has 11 nitrogen and oxygen atoms in total. The highest BCUT2D eigenvalue weighted by molar-refractivity contribution is 6.35. The molecule has 2 bridgehead atoms. The molecule has 1 amide bonds. The Bertz CT molecular complexity index is 1930. The molecule has 3 aromatic carbocycles. The molecule has 13 heteroatoms. The minimum atomic E-state index is -1.40. The molecule has 2 atom stereocenters. The number of amides is 1. The van der Waals surface area contributed by atoms with Crippen LogP contribution >= 0.6 is 23.2 Å². The average Bonchev–Trinajstić information content (AvgIpc) is 3.11. The number of pyridine rings is 1. The summed E-state index contributed by atoms with van der Waals surface area (Å²) in [4.78, 5) is 30.5. The number of nitrogens with zero attached hydrogens (tertiary/aromatic N) is 3. The fraction of sp³-hybridized carbons (Fsp3) is 0.342. The number of phenols is 1. The second-order valence-corrected chi connectivity index (χ2v) is 13.8. The van der Waals surface area contributed by atoms with Gasteiger partial charge in [0, 0.05) is 34.4 Å². The van der Waals surface area contributed by atoms with Gasteiger partial charge in [0.2, 0.25) is 12.4 Å². The van der Waals surface area contributed by atoms with E-state index in [9.17, 15) is 25.0 Å². The van der Waals surface area contributed by atoms with Crippen molar-refractivity contribution in [3.63, 3.8) is 0 Å². The van der Waals surface area contributed by atoms with Gasteiger partial charge >= 0.3 is 6.09 Å². The van der Waals surface area contributed by atoms with Gasteiger partial charge in [-0.2, -0.15) is 0 Å². The Morgan fingerprint density at radius 2 is 1.71 bits per heavy atom. The zero-order valence-corrected chi connectivity index (χ0v) is 30.0. The van der Waals surface area contributed by atoms with E-state index in [0.29, 0.717) is 46.0 Å². The molecule has 7 rings (SSSR count). The van der Waals surface area contributed by atoms with Crippen LogP contribution in [0.2, 0.25) is 10.0 Å². The maximum absolute atomic E-state index is 14.1. The van der Waals surface area contributed by atoms with E-state index >= 15 is 0 Å². The first kappa shape index (κ1) is 36.1. The monoisotopic (exact) mass is 735 g/mol. The highest BCUT2D eigenvalue weighted by Gasteiger charge is 2.38. The van der Waals surface area contributed by atoms with Gasteiger partial charge in [-0.3, -0.25) is 15.0 Å². The first-order valence-electron chi connectivity index (χ1n) is 16.6. The molecule has 0 radical (unpaired) electrons. The molecule has 3 aliphatic rings. The van der Waals surface area contributed by atoms with Crippen molar-refractivity contribution in [1.82, 2.24) is 4.90 Å². The van der Waals surface area contributed by atoms with Crippen molar-refractivity contribution in [3.05, 3.63) is 110 Å². The summed E-state index contributed by atoms with van der Waals surface area (Å²) in [6, 6.07) is 14.9. The van der Waals surface area contributed by atoms with Crippen molar-refractivity contribution in [1.29, 1.82) is 0 Å². The summed E-state index contributed by atoms with van der Waals surface area (Å²) in [7, 11) is 3.02. The second kappa shape index (κ2) is 15.3. The van der Waals surface area contributed by atoms with Gasteiger partial charge in [0.1, 0.15) is 21.9 Å². The van der Waals surface area contributed by atoms with Crippen LogP contribution < -0.4 is 24.2 Å². The Balaban J connectivity index is 1.44. The fourth-order valence-electron chi connectivity index (χ4n) is 7.16. The molecule has 51 heavy (non-hydrogen) atoms. The van der Waals surface area contributed by atoms with Gasteiger partial charge in [-0.25, -0.2) is 4.79 Å². The largest absolute Gasteiger partial charge is 0.545 e. The number of carbonyl (C=O) groups excluding carboxylic acids is 2. The number of halogens is 2. The highest BCUT2D eigenvalue weighted by Crippen LogP contribution is 2.40. The van der Waals surface area contributed by atoms with Gasteiger partial charge in [-0.05, 0) is 85.6 Å². The minimum absolute atomic E-state index is 0.000566. The standard InChI is InChI=1S/C38H39Cl2N3O8/c1-22-4-7-26(44)16-33(22)43(38(47)51-36-21-41-12-10-24(36)11-13-41)18-23-5-8-27(37(45)46)29(14-23)28(17-30-31(39)19-42(48)20-32(30)40)25-6-9-34(49-2)35(15-25)50-3/h4-9,14-16,19-20,24,28,36H,10-13,17-18,21H2,1-3H3,(H2-,44,45,46,48)/t28-,36-/m0/s1. The van der Waals surface area contributed by atoms with Crippen LogP contribution in [0.15, 0.2) is 67.0 Å². The number of carboxylic acids is 1. The van der Waals surface area contributed by atoms with Crippen molar-refractivity contribution in [2.45, 2.75) is 44.8 Å². The second-order valence-electron chi connectivity index (χ2n) is 13.0. The summed E-state index contributed by atoms with van der Waals surface area (Å²) in [5, 5.41) is 33.5. The Kier molecular flexibility index (Phi) is 10.8. The number of aromatic nitrogens is 1. The van der Waals surface area contributed by atoms with Crippen molar-refractivity contribution in [2.24, 2.45) is 5.92 Å². The number of fused-ring (bicyclic) bond motifs is 3. The molecular formula is C38H39Cl2N3O8. The summed E-state index contributed by atoms with van der Waals surface area (Å²) in [6.07, 6.45) is 3.80. The minimum Gasteiger partial charge on any atom is -0.545 e. The Morgan fingerprint density at radius 3 is 2.33 bits per heavy atom. The van der Waals surface area contributed by atoms with E-state index in [-0.39, 0.29) is 46.3 Å². The zero-order chi connectivity index (χ0) is 36.4. The SMILES string of the molecule is COc1ccc([C@H](Cc2c(Cl)c[n+](O)cc2Cl)c2cc(CN(C(=O)O[C@H]3CN4CCC3CC4)c3cc(O)ccc3C)ccc2C(=O)[O-])cc1OC. The topological polar surface area (TPSA) is 136 Å². The maximum Gasteiger partial charge on any atom is 0.414 e. The lowest BCUT2D eigenvalue weighted by atomic mass is 9.82. The number of ether oxygens (including phenoxy) is 3. The van der Waals surface area contributed by atoms with Gasteiger partial charge < -0.3 is 29.2 Å². The summed E-state index contributed by atoms with van der Waals surface area (Å²) in [5.74, 6) is -0.923. The summed E-state index contributed by atoms with van der Waals surface area (Å²) < 4.78 is 17.9. The van der Waals surface area contributed by atoms with Gasteiger partial charge in [0.25, 0.3) is 0 Å². The van der Waals surface area contributed by atoms with Crippen molar-refractivity contribution < 1.29 is 44.0 Å². The van der Waals surface area contributed by atoms with Gasteiger partial charge in [0.15, 0.2) is 11.5 Å². The number of aromatic carboxylic acids is 1. The number of aromatic hydroxyl groups is 1. The molecule has 0 unspecified atom stereocenters. The molecule has 4 heterocycles. The van der Waals surface area contributed by atoms with Gasteiger partial charge in [0.05, 0.1) is 32.4 Å². The molecule has 3 aliphatic heterocycles. The van der Waals surface area contributed by atoms with E-state index in [1.165, 1.54) is 43.6 Å². The lowest BCUT2D eigenvalue weighted by Gasteiger charge is -2.44. The van der Waals surface area contributed by atoms with Crippen LogP contribution in [0.1, 0.15) is 56.9 Å². The van der Waals surface area contributed by atoms with Crippen LogP contribution in [0.4, 0.5) is 10.5 Å². The number of methoxy groups -OCH3 is 2. The first-order chi connectivity index (χ1) is 24.4. The third-order valence-electron chi connectivity index (χ3n) is 9.89.